The van der Waals surface area contributed by atoms with E-state index in [0.717, 1.165) is 25.9 Å². The molecular formula is C16H22N2O2. The Bertz CT molecular complexity index is 515. The molecule has 1 aliphatic heterocycles. The number of hydroxylamine groups is 1. The minimum Gasteiger partial charge on any atom is -0.300 e. The van der Waals surface area contributed by atoms with Gasteiger partial charge in [-0.3, -0.25) is 14.9 Å². The van der Waals surface area contributed by atoms with Gasteiger partial charge in [-0.25, -0.2) is 5.48 Å². The number of aryl methyl sites for hydroxylation is 1. The van der Waals surface area contributed by atoms with E-state index in [9.17, 15) is 4.79 Å². The van der Waals surface area contributed by atoms with E-state index in [1.807, 2.05) is 12.1 Å². The Morgan fingerprint density at radius 3 is 3.05 bits per heavy atom. The van der Waals surface area contributed by atoms with Gasteiger partial charge in [0.25, 0.3) is 5.91 Å². The normalized spacial score (nSPS) is 25.1. The van der Waals surface area contributed by atoms with Gasteiger partial charge in [-0.2, -0.15) is 0 Å². The second kappa shape index (κ2) is 5.54. The molecule has 2 aliphatic rings. The van der Waals surface area contributed by atoms with Gasteiger partial charge < -0.3 is 0 Å². The molecule has 20 heavy (non-hydrogen) atoms. The second-order valence-corrected chi connectivity index (χ2v) is 5.86. The second-order valence-electron chi connectivity index (χ2n) is 5.86. The third kappa shape index (κ3) is 2.13. The van der Waals surface area contributed by atoms with Crippen molar-refractivity contribution in [1.82, 2.24) is 10.4 Å². The SMILES string of the molecule is CCCN1CC[C@H]2c3c(cccc3C(=O)NO)CC[C@H]21. The third-order valence-corrected chi connectivity index (χ3v) is 4.79. The van der Waals surface area contributed by atoms with E-state index >= 15 is 0 Å². The Kier molecular flexibility index (Phi) is 3.76. The minimum absolute atomic E-state index is 0.378. The molecular weight excluding hydrogens is 252 g/mol. The molecule has 3 rings (SSSR count). The van der Waals surface area contributed by atoms with Gasteiger partial charge in [-0.15, -0.1) is 0 Å². The lowest BCUT2D eigenvalue weighted by Crippen LogP contribution is -2.36. The number of rotatable bonds is 3. The number of carbonyl (C=O) groups excluding carboxylic acids is 1. The average Bonchev–Trinajstić information content (AvgIpc) is 2.89. The molecule has 0 saturated carbocycles. The first kappa shape index (κ1) is 13.6. The molecule has 0 spiro atoms. The topological polar surface area (TPSA) is 52.6 Å². The fraction of sp³-hybridized carbons (Fsp3) is 0.562. The van der Waals surface area contributed by atoms with Crippen molar-refractivity contribution >= 4 is 5.91 Å². The summed E-state index contributed by atoms with van der Waals surface area (Å²) in [7, 11) is 0. The number of likely N-dealkylation sites (tertiary alicyclic amines) is 1. The van der Waals surface area contributed by atoms with E-state index in [-0.39, 0.29) is 5.91 Å². The van der Waals surface area contributed by atoms with Crippen molar-refractivity contribution < 1.29 is 10.0 Å². The maximum atomic E-state index is 11.9. The summed E-state index contributed by atoms with van der Waals surface area (Å²) >= 11 is 0. The lowest BCUT2D eigenvalue weighted by Gasteiger charge is -2.34. The van der Waals surface area contributed by atoms with E-state index in [0.29, 0.717) is 17.5 Å². The first-order valence-corrected chi connectivity index (χ1v) is 7.56. The molecule has 1 aliphatic carbocycles. The van der Waals surface area contributed by atoms with Gasteiger partial charge in [-0.05, 0) is 56.0 Å². The van der Waals surface area contributed by atoms with E-state index in [2.05, 4.69) is 17.9 Å². The summed E-state index contributed by atoms with van der Waals surface area (Å²) in [4.78, 5) is 14.5. The van der Waals surface area contributed by atoms with Crippen LogP contribution in [-0.2, 0) is 6.42 Å². The van der Waals surface area contributed by atoms with E-state index < -0.39 is 0 Å². The molecule has 0 radical (unpaired) electrons. The summed E-state index contributed by atoms with van der Waals surface area (Å²) in [5, 5.41) is 8.96. The molecule has 4 nitrogen and oxygen atoms in total. The summed E-state index contributed by atoms with van der Waals surface area (Å²) in [6, 6.07) is 6.44. The Morgan fingerprint density at radius 2 is 2.30 bits per heavy atom. The van der Waals surface area contributed by atoms with E-state index in [1.165, 1.54) is 24.0 Å². The van der Waals surface area contributed by atoms with Gasteiger partial charge in [-0.1, -0.05) is 19.1 Å². The molecule has 1 aromatic carbocycles. The quantitative estimate of drug-likeness (QED) is 0.657. The third-order valence-electron chi connectivity index (χ3n) is 4.79. The maximum absolute atomic E-state index is 11.9. The zero-order valence-electron chi connectivity index (χ0n) is 11.9. The molecule has 0 bridgehead atoms. The highest BCUT2D eigenvalue weighted by Crippen LogP contribution is 2.43. The van der Waals surface area contributed by atoms with Crippen LogP contribution in [0.4, 0.5) is 0 Å². The summed E-state index contributed by atoms with van der Waals surface area (Å²) in [6.07, 6.45) is 4.51. The first-order chi connectivity index (χ1) is 9.76. The standard InChI is InChI=1S/C16H22N2O2/c1-2-9-18-10-8-12-14(18)7-6-11-4-3-5-13(15(11)12)16(19)17-20/h3-5,12,14,20H,2,6-10H2,1H3,(H,17,19)/t12-,14-/m1/s1. The van der Waals surface area contributed by atoms with Crippen LogP contribution < -0.4 is 5.48 Å². The molecule has 4 heteroatoms. The fourth-order valence-electron chi connectivity index (χ4n) is 4.03. The van der Waals surface area contributed by atoms with Crippen molar-refractivity contribution in [2.75, 3.05) is 13.1 Å². The lowest BCUT2D eigenvalue weighted by molar-refractivity contribution is 0.0704. The smallest absolute Gasteiger partial charge is 0.274 e. The largest absolute Gasteiger partial charge is 0.300 e. The highest BCUT2D eigenvalue weighted by atomic mass is 16.5. The van der Waals surface area contributed by atoms with Gasteiger partial charge in [0.15, 0.2) is 0 Å². The van der Waals surface area contributed by atoms with Crippen LogP contribution in [0, 0.1) is 0 Å². The molecule has 2 atom stereocenters. The van der Waals surface area contributed by atoms with Crippen molar-refractivity contribution in [2.24, 2.45) is 0 Å². The van der Waals surface area contributed by atoms with Crippen LogP contribution in [-0.4, -0.2) is 35.1 Å². The first-order valence-electron chi connectivity index (χ1n) is 7.56. The number of hydrogen-bond acceptors (Lipinski definition) is 3. The molecule has 0 unspecified atom stereocenters. The van der Waals surface area contributed by atoms with Crippen molar-refractivity contribution in [2.45, 2.75) is 44.6 Å². The Morgan fingerprint density at radius 1 is 1.45 bits per heavy atom. The molecule has 1 fully saturated rings. The van der Waals surface area contributed by atoms with Gasteiger partial charge in [0.2, 0.25) is 0 Å². The zero-order valence-corrected chi connectivity index (χ0v) is 11.9. The summed E-state index contributed by atoms with van der Waals surface area (Å²) < 4.78 is 0. The Labute approximate surface area is 119 Å². The number of nitrogens with one attached hydrogen (secondary N) is 1. The van der Waals surface area contributed by atoms with Crippen LogP contribution in [0.2, 0.25) is 0 Å². The monoisotopic (exact) mass is 274 g/mol. The number of hydrogen-bond donors (Lipinski definition) is 2. The average molecular weight is 274 g/mol. The Hall–Kier alpha value is -1.39. The van der Waals surface area contributed by atoms with Gasteiger partial charge >= 0.3 is 0 Å². The zero-order chi connectivity index (χ0) is 14.1. The predicted molar refractivity (Wildman–Crippen MR) is 77.0 cm³/mol. The lowest BCUT2D eigenvalue weighted by atomic mass is 9.77. The minimum atomic E-state index is -0.378. The van der Waals surface area contributed by atoms with E-state index in [4.69, 9.17) is 5.21 Å². The van der Waals surface area contributed by atoms with Crippen LogP contribution in [0.5, 0.6) is 0 Å². The van der Waals surface area contributed by atoms with Crippen LogP contribution in [0.1, 0.15) is 53.6 Å². The van der Waals surface area contributed by atoms with Crippen molar-refractivity contribution in [1.29, 1.82) is 0 Å². The van der Waals surface area contributed by atoms with E-state index in [1.54, 1.807) is 5.48 Å². The van der Waals surface area contributed by atoms with Crippen LogP contribution in [0.25, 0.3) is 0 Å². The molecule has 1 heterocycles. The summed E-state index contributed by atoms with van der Waals surface area (Å²) in [5.41, 5.74) is 4.90. The molecule has 108 valence electrons. The summed E-state index contributed by atoms with van der Waals surface area (Å²) in [6.45, 7) is 4.48. The maximum Gasteiger partial charge on any atom is 0.274 e. The molecule has 2 N–H and O–H groups in total. The molecule has 0 aromatic heterocycles. The molecule has 1 saturated heterocycles. The van der Waals surface area contributed by atoms with Crippen molar-refractivity contribution in [3.8, 4) is 0 Å². The van der Waals surface area contributed by atoms with Gasteiger partial charge in [0.05, 0.1) is 0 Å². The molecule has 1 amide bonds. The highest BCUT2D eigenvalue weighted by molar-refractivity contribution is 5.95. The summed E-state index contributed by atoms with van der Waals surface area (Å²) in [5.74, 6) is 0.0650. The molecule has 1 aromatic rings. The number of nitrogens with zero attached hydrogens (tertiary/aromatic N) is 1. The highest BCUT2D eigenvalue weighted by Gasteiger charge is 2.39. The number of benzene rings is 1. The van der Waals surface area contributed by atoms with Crippen LogP contribution in [0.3, 0.4) is 0 Å². The van der Waals surface area contributed by atoms with Gasteiger partial charge in [0.1, 0.15) is 0 Å². The number of carbonyl (C=O) groups is 1. The Balaban J connectivity index is 1.98. The van der Waals surface area contributed by atoms with Crippen LogP contribution >= 0.6 is 0 Å². The number of fused-ring (bicyclic) bond motifs is 3. The van der Waals surface area contributed by atoms with Crippen LogP contribution in [0.15, 0.2) is 18.2 Å². The van der Waals surface area contributed by atoms with Crippen molar-refractivity contribution in [3.63, 3.8) is 0 Å². The predicted octanol–water partition coefficient (Wildman–Crippen LogP) is 2.32. The number of amides is 1. The fourth-order valence-corrected chi connectivity index (χ4v) is 4.03. The van der Waals surface area contributed by atoms with Crippen molar-refractivity contribution in [3.05, 3.63) is 34.9 Å². The van der Waals surface area contributed by atoms with Gasteiger partial charge in [0, 0.05) is 17.5 Å².